The molecule has 0 atom stereocenters. The second kappa shape index (κ2) is 10.5. The maximum atomic E-state index is 13.2. The third-order valence-corrected chi connectivity index (χ3v) is 7.13. The minimum Gasteiger partial charge on any atom is -0.475 e. The molecular weight excluding hydrogens is 537 g/mol. The molecule has 0 aliphatic rings. The summed E-state index contributed by atoms with van der Waals surface area (Å²) in [4.78, 5) is 24.2. The van der Waals surface area contributed by atoms with Crippen molar-refractivity contribution in [2.24, 2.45) is 0 Å². The highest BCUT2D eigenvalue weighted by Gasteiger charge is 2.38. The van der Waals surface area contributed by atoms with Crippen molar-refractivity contribution in [2.75, 3.05) is 11.4 Å². The van der Waals surface area contributed by atoms with Crippen molar-refractivity contribution in [3.8, 4) is 5.69 Å². The number of H-pyrrole nitrogens is 1. The quantitative estimate of drug-likeness (QED) is 0.351. The number of nitrogens with one attached hydrogen (secondary N) is 2. The van der Waals surface area contributed by atoms with Gasteiger partial charge in [-0.3, -0.25) is 9.71 Å². The summed E-state index contributed by atoms with van der Waals surface area (Å²) in [5.74, 6) is -2.76. The lowest BCUT2D eigenvalue weighted by Crippen LogP contribution is -2.34. The van der Waals surface area contributed by atoms with Gasteiger partial charge in [0.25, 0.3) is 10.0 Å². The number of benzene rings is 3. The Hall–Kier alpha value is -4.10. The molecule has 0 fully saturated rings. The average molecular weight is 555 g/mol. The summed E-state index contributed by atoms with van der Waals surface area (Å²) in [7, 11) is -2.47. The van der Waals surface area contributed by atoms with Gasteiger partial charge < -0.3 is 10.1 Å². The van der Waals surface area contributed by atoms with E-state index in [1.165, 1.54) is 25.2 Å². The number of hydrogen-bond acceptors (Lipinski definition) is 5. The number of nitrogens with zero attached hydrogens (tertiary/aromatic N) is 2. The molecule has 0 saturated heterocycles. The molecule has 37 heavy (non-hydrogen) atoms. The Bertz CT molecular complexity index is 1690. The van der Waals surface area contributed by atoms with E-state index >= 15 is 0 Å². The van der Waals surface area contributed by atoms with E-state index in [-0.39, 0.29) is 21.1 Å². The molecule has 194 valence electrons. The van der Waals surface area contributed by atoms with Crippen LogP contribution in [0.5, 0.6) is 0 Å². The lowest BCUT2D eigenvalue weighted by atomic mass is 10.2. The van der Waals surface area contributed by atoms with Crippen LogP contribution in [0.15, 0.2) is 82.5 Å². The zero-order chi connectivity index (χ0) is 27.5. The zero-order valence-electron chi connectivity index (χ0n) is 18.8. The van der Waals surface area contributed by atoms with Crippen molar-refractivity contribution in [1.82, 2.24) is 9.55 Å². The highest BCUT2D eigenvalue weighted by atomic mass is 35.5. The van der Waals surface area contributed by atoms with Crippen molar-refractivity contribution in [3.05, 3.63) is 93.8 Å². The first-order chi connectivity index (χ1) is 17.2. The number of carboxylic acid groups (broad SMARTS) is 1. The molecule has 4 rings (SSSR count). The Kier molecular flexibility index (Phi) is 7.79. The number of carboxylic acids is 1. The molecular formula is C23H18ClF3N4O5S. The molecule has 1 aromatic heterocycles. The predicted molar refractivity (Wildman–Crippen MR) is 130 cm³/mol. The number of sulfonamides is 1. The Morgan fingerprint density at radius 2 is 1.62 bits per heavy atom. The number of alkyl halides is 3. The van der Waals surface area contributed by atoms with Gasteiger partial charge >= 0.3 is 17.8 Å². The second-order valence-corrected chi connectivity index (χ2v) is 9.76. The van der Waals surface area contributed by atoms with Crippen LogP contribution in [0.25, 0.3) is 16.6 Å². The van der Waals surface area contributed by atoms with Crippen LogP contribution in [0.1, 0.15) is 0 Å². The molecule has 9 nitrogen and oxygen atoms in total. The van der Waals surface area contributed by atoms with Gasteiger partial charge in [-0.1, -0.05) is 41.9 Å². The van der Waals surface area contributed by atoms with Gasteiger partial charge in [0, 0.05) is 12.4 Å². The van der Waals surface area contributed by atoms with Crippen molar-refractivity contribution in [2.45, 2.75) is 11.1 Å². The summed E-state index contributed by atoms with van der Waals surface area (Å²) >= 11 is 6.31. The Morgan fingerprint density at radius 1 is 1.05 bits per heavy atom. The average Bonchev–Trinajstić information content (AvgIpc) is 2.85. The van der Waals surface area contributed by atoms with Crippen molar-refractivity contribution < 1.29 is 31.5 Å². The maximum absolute atomic E-state index is 13.2. The monoisotopic (exact) mass is 554 g/mol. The molecule has 0 unspecified atom stereocenters. The largest absolute Gasteiger partial charge is 0.490 e. The number of aliphatic carboxylic acids is 1. The fourth-order valence-corrected chi connectivity index (χ4v) is 4.60. The minimum atomic E-state index is -5.08. The molecule has 3 N–H and O–H groups in total. The van der Waals surface area contributed by atoms with Gasteiger partial charge in [0.1, 0.15) is 5.49 Å². The smallest absolute Gasteiger partial charge is 0.475 e. The van der Waals surface area contributed by atoms with Crippen molar-refractivity contribution >= 4 is 44.2 Å². The molecule has 0 amide bonds. The van der Waals surface area contributed by atoms with Crippen LogP contribution >= 0.6 is 11.6 Å². The number of aromatic amines is 1. The number of para-hydroxylation sites is 2. The topological polar surface area (TPSA) is 136 Å². The van der Waals surface area contributed by atoms with E-state index in [2.05, 4.69) is 4.98 Å². The molecule has 0 spiro atoms. The highest BCUT2D eigenvalue weighted by molar-refractivity contribution is 7.92. The fraction of sp³-hybridized carbons (Fsp3) is 0.0870. The van der Waals surface area contributed by atoms with Crippen LogP contribution in [-0.4, -0.2) is 42.3 Å². The molecule has 0 aliphatic heterocycles. The second-order valence-electron chi connectivity index (χ2n) is 7.38. The standard InChI is InChI=1S/C21H17ClN4O3S.C2HF3O2/c1-25(14-7-3-2-4-8-14)30(28,29)15-11-12-17(22)19(13-15)26-20(23)16-9-5-6-10-18(16)24-21(26)27;3-2(4,5)1(6)7/h2-13,23H,1H3,(H,24,27);(H,6,7). The first-order valence-electron chi connectivity index (χ1n) is 10.2. The van der Waals surface area contributed by atoms with Crippen LogP contribution in [0.2, 0.25) is 5.02 Å². The Labute approximate surface area is 212 Å². The van der Waals surface area contributed by atoms with Crippen LogP contribution in [0.3, 0.4) is 0 Å². The van der Waals surface area contributed by atoms with Gasteiger partial charge in [0.2, 0.25) is 0 Å². The number of aromatic nitrogens is 2. The number of rotatable bonds is 4. The zero-order valence-corrected chi connectivity index (χ0v) is 20.4. The molecule has 0 saturated carbocycles. The van der Waals surface area contributed by atoms with E-state index in [1.807, 2.05) is 0 Å². The van der Waals surface area contributed by atoms with E-state index in [9.17, 15) is 26.4 Å². The van der Waals surface area contributed by atoms with Crippen LogP contribution in [-0.2, 0) is 14.8 Å². The van der Waals surface area contributed by atoms with Crippen molar-refractivity contribution in [3.63, 3.8) is 0 Å². The Balaban J connectivity index is 0.000000479. The van der Waals surface area contributed by atoms with Crippen LogP contribution in [0.4, 0.5) is 18.9 Å². The predicted octanol–water partition coefficient (Wildman–Crippen LogP) is 3.91. The van der Waals surface area contributed by atoms with E-state index in [0.717, 1.165) is 8.87 Å². The first-order valence-corrected chi connectivity index (χ1v) is 12.0. The van der Waals surface area contributed by atoms with E-state index in [0.29, 0.717) is 16.6 Å². The van der Waals surface area contributed by atoms with Gasteiger partial charge in [-0.05, 0) is 42.5 Å². The number of halogens is 4. The molecule has 0 bridgehead atoms. The third-order valence-electron chi connectivity index (χ3n) is 5.03. The molecule has 1 heterocycles. The fourth-order valence-electron chi connectivity index (χ4n) is 3.18. The molecule has 3 aromatic carbocycles. The van der Waals surface area contributed by atoms with E-state index in [1.54, 1.807) is 54.6 Å². The summed E-state index contributed by atoms with van der Waals surface area (Å²) in [5, 5.41) is 16.3. The summed E-state index contributed by atoms with van der Waals surface area (Å²) in [6.07, 6.45) is -5.08. The van der Waals surface area contributed by atoms with Crippen LogP contribution in [0, 0.1) is 5.41 Å². The summed E-state index contributed by atoms with van der Waals surface area (Å²) in [6.45, 7) is 0. The first kappa shape index (κ1) is 27.5. The van der Waals surface area contributed by atoms with Gasteiger partial charge in [0.15, 0.2) is 0 Å². The van der Waals surface area contributed by atoms with Crippen molar-refractivity contribution in [1.29, 1.82) is 5.41 Å². The number of carbonyl (C=O) groups is 1. The van der Waals surface area contributed by atoms with Crippen LogP contribution < -0.4 is 15.5 Å². The number of anilines is 1. The van der Waals surface area contributed by atoms with Gasteiger partial charge in [0.05, 0.1) is 26.8 Å². The minimum absolute atomic E-state index is 0.0484. The van der Waals surface area contributed by atoms with Gasteiger partial charge in [-0.15, -0.1) is 0 Å². The molecule has 0 radical (unpaired) electrons. The summed E-state index contributed by atoms with van der Waals surface area (Å²) in [6, 6.07) is 19.6. The lowest BCUT2D eigenvalue weighted by Gasteiger charge is -2.20. The number of hydrogen-bond donors (Lipinski definition) is 3. The number of fused-ring (bicyclic) bond motifs is 1. The molecule has 4 aromatic rings. The van der Waals surface area contributed by atoms with Gasteiger partial charge in [-0.25, -0.2) is 22.6 Å². The Morgan fingerprint density at radius 3 is 2.22 bits per heavy atom. The highest BCUT2D eigenvalue weighted by Crippen LogP contribution is 2.27. The normalized spacial score (nSPS) is 11.5. The summed E-state index contributed by atoms with van der Waals surface area (Å²) < 4.78 is 60.2. The molecule has 0 aliphatic carbocycles. The summed E-state index contributed by atoms with van der Waals surface area (Å²) in [5.41, 5.74) is 0.420. The van der Waals surface area contributed by atoms with E-state index in [4.69, 9.17) is 26.9 Å². The SMILES string of the molecule is CN(c1ccccc1)S(=O)(=O)c1ccc(Cl)c(-n2c(=O)[nH]c3ccccc3c2=N)c1.O=C(O)C(F)(F)F. The molecule has 14 heteroatoms. The maximum Gasteiger partial charge on any atom is 0.490 e. The lowest BCUT2D eigenvalue weighted by molar-refractivity contribution is -0.192. The van der Waals surface area contributed by atoms with E-state index < -0.39 is 27.9 Å². The van der Waals surface area contributed by atoms with Gasteiger partial charge in [-0.2, -0.15) is 13.2 Å². The third kappa shape index (κ3) is 5.84.